The molecule has 0 radical (unpaired) electrons. The number of rotatable bonds is 5. The molecule has 0 aromatic heterocycles. The van der Waals surface area contributed by atoms with Crippen molar-refractivity contribution in [3.8, 4) is 0 Å². The number of nitrogens with zero attached hydrogens (tertiary/aromatic N) is 2. The Labute approximate surface area is 148 Å². The number of aryl methyl sites for hydroxylation is 1. The Hall–Kier alpha value is -1.73. The first-order chi connectivity index (χ1) is 11.5. The number of benzene rings is 1. The maximum atomic E-state index is 13.6. The van der Waals surface area contributed by atoms with Crippen LogP contribution >= 0.6 is 12.2 Å². The van der Waals surface area contributed by atoms with E-state index >= 15 is 0 Å². The summed E-state index contributed by atoms with van der Waals surface area (Å²) in [6.45, 7) is 7.98. The molecular formula is C17H25FN4OS. The molecule has 132 valence electrons. The van der Waals surface area contributed by atoms with E-state index in [0.29, 0.717) is 22.9 Å². The highest BCUT2D eigenvalue weighted by Crippen LogP contribution is 2.14. The number of thiocarbonyl (C=S) groups is 1. The lowest BCUT2D eigenvalue weighted by Crippen LogP contribution is -2.52. The van der Waals surface area contributed by atoms with Gasteiger partial charge < -0.3 is 15.5 Å². The van der Waals surface area contributed by atoms with Crippen molar-refractivity contribution in [1.29, 1.82) is 0 Å². The van der Waals surface area contributed by atoms with Crippen molar-refractivity contribution in [3.05, 3.63) is 29.6 Å². The first kappa shape index (κ1) is 18.6. The van der Waals surface area contributed by atoms with E-state index in [1.54, 1.807) is 13.0 Å². The average molecular weight is 352 g/mol. The van der Waals surface area contributed by atoms with E-state index in [2.05, 4.69) is 15.5 Å². The number of nitrogens with one attached hydrogen (secondary N) is 2. The molecule has 1 fully saturated rings. The minimum atomic E-state index is -0.245. The van der Waals surface area contributed by atoms with Crippen molar-refractivity contribution in [2.75, 3.05) is 44.6 Å². The summed E-state index contributed by atoms with van der Waals surface area (Å²) < 4.78 is 13.6. The van der Waals surface area contributed by atoms with E-state index in [1.165, 1.54) is 6.07 Å². The zero-order chi connectivity index (χ0) is 17.5. The van der Waals surface area contributed by atoms with Crippen LogP contribution < -0.4 is 10.6 Å². The second kappa shape index (κ2) is 8.94. The van der Waals surface area contributed by atoms with Gasteiger partial charge in [-0.3, -0.25) is 9.69 Å². The third-order valence-corrected chi connectivity index (χ3v) is 4.38. The number of carbonyl (C=O) groups is 1. The molecule has 1 aromatic carbocycles. The van der Waals surface area contributed by atoms with Crippen LogP contribution in [0.4, 0.5) is 10.1 Å². The van der Waals surface area contributed by atoms with Crippen LogP contribution in [0.5, 0.6) is 0 Å². The van der Waals surface area contributed by atoms with Gasteiger partial charge in [0.1, 0.15) is 5.82 Å². The Bertz CT molecular complexity index is 588. The summed E-state index contributed by atoms with van der Waals surface area (Å²) in [5.41, 5.74) is 1.27. The minimum Gasteiger partial charge on any atom is -0.355 e. The van der Waals surface area contributed by atoms with Gasteiger partial charge in [-0.05, 0) is 43.3 Å². The number of carbonyl (C=O) groups excluding carboxylic acids is 1. The topological polar surface area (TPSA) is 47.6 Å². The van der Waals surface area contributed by atoms with Crippen LogP contribution in [-0.4, -0.2) is 60.1 Å². The molecule has 0 bridgehead atoms. The number of halogens is 1. The molecule has 1 aliphatic rings. The van der Waals surface area contributed by atoms with Crippen molar-refractivity contribution in [2.45, 2.75) is 20.3 Å². The Morgan fingerprint density at radius 1 is 1.29 bits per heavy atom. The van der Waals surface area contributed by atoms with Crippen LogP contribution in [0.15, 0.2) is 18.2 Å². The predicted octanol–water partition coefficient (Wildman–Crippen LogP) is 1.97. The highest BCUT2D eigenvalue weighted by Gasteiger charge is 2.20. The number of anilines is 1. The molecule has 0 atom stereocenters. The standard InChI is InChI=1S/C17H25FN4OS/c1-3-6-19-16(23)12-21-7-9-22(10-8-21)17(24)20-14-5-4-13(2)15(18)11-14/h4-5,11H,3,6-10,12H2,1-2H3,(H,19,23)(H,20,24). The first-order valence-electron chi connectivity index (χ1n) is 8.30. The van der Waals surface area contributed by atoms with Gasteiger partial charge in [0.05, 0.1) is 6.54 Å². The van der Waals surface area contributed by atoms with E-state index in [1.807, 2.05) is 17.9 Å². The van der Waals surface area contributed by atoms with Crippen molar-refractivity contribution in [1.82, 2.24) is 15.1 Å². The number of hydrogen-bond donors (Lipinski definition) is 2. The fourth-order valence-electron chi connectivity index (χ4n) is 2.51. The number of piperazine rings is 1. The van der Waals surface area contributed by atoms with Crippen molar-refractivity contribution >= 4 is 28.9 Å². The van der Waals surface area contributed by atoms with Gasteiger partial charge in [0.2, 0.25) is 5.91 Å². The molecule has 1 aromatic rings. The van der Waals surface area contributed by atoms with E-state index in [9.17, 15) is 9.18 Å². The van der Waals surface area contributed by atoms with Crippen LogP contribution in [0.1, 0.15) is 18.9 Å². The maximum Gasteiger partial charge on any atom is 0.234 e. The second-order valence-corrected chi connectivity index (χ2v) is 6.39. The number of hydrogen-bond acceptors (Lipinski definition) is 3. The van der Waals surface area contributed by atoms with E-state index in [4.69, 9.17) is 12.2 Å². The molecule has 24 heavy (non-hydrogen) atoms. The highest BCUT2D eigenvalue weighted by molar-refractivity contribution is 7.80. The van der Waals surface area contributed by atoms with Crippen LogP contribution in [0, 0.1) is 12.7 Å². The molecule has 0 spiro atoms. The smallest absolute Gasteiger partial charge is 0.234 e. The molecule has 1 aliphatic heterocycles. The summed E-state index contributed by atoms with van der Waals surface area (Å²) in [5.74, 6) is -0.174. The molecule has 5 nitrogen and oxygen atoms in total. The predicted molar refractivity (Wildman–Crippen MR) is 98.7 cm³/mol. The van der Waals surface area contributed by atoms with E-state index in [-0.39, 0.29) is 11.7 Å². The third-order valence-electron chi connectivity index (χ3n) is 4.02. The Morgan fingerprint density at radius 3 is 2.62 bits per heavy atom. The second-order valence-electron chi connectivity index (χ2n) is 6.01. The molecular weight excluding hydrogens is 327 g/mol. The normalized spacial score (nSPS) is 15.2. The number of amides is 1. The van der Waals surface area contributed by atoms with Crippen LogP contribution in [0.3, 0.4) is 0 Å². The summed E-state index contributed by atoms with van der Waals surface area (Å²) in [6.07, 6.45) is 0.944. The quantitative estimate of drug-likeness (QED) is 0.794. The minimum absolute atomic E-state index is 0.0705. The lowest BCUT2D eigenvalue weighted by molar-refractivity contribution is -0.122. The Morgan fingerprint density at radius 2 is 2.00 bits per heavy atom. The third kappa shape index (κ3) is 5.42. The maximum absolute atomic E-state index is 13.6. The van der Waals surface area contributed by atoms with Crippen molar-refractivity contribution < 1.29 is 9.18 Å². The van der Waals surface area contributed by atoms with Crippen molar-refractivity contribution in [2.24, 2.45) is 0 Å². The summed E-state index contributed by atoms with van der Waals surface area (Å²) in [4.78, 5) is 15.9. The first-order valence-corrected chi connectivity index (χ1v) is 8.71. The van der Waals surface area contributed by atoms with E-state index in [0.717, 1.165) is 39.1 Å². The monoisotopic (exact) mass is 352 g/mol. The summed E-state index contributed by atoms with van der Waals surface area (Å²) in [5, 5.41) is 6.56. The molecule has 1 amide bonds. The van der Waals surface area contributed by atoms with Gasteiger partial charge in [-0.2, -0.15) is 0 Å². The van der Waals surface area contributed by atoms with Gasteiger partial charge in [0.25, 0.3) is 0 Å². The SMILES string of the molecule is CCCNC(=O)CN1CCN(C(=S)Nc2ccc(C)c(F)c2)CC1. The molecule has 0 unspecified atom stereocenters. The molecule has 0 aliphatic carbocycles. The summed E-state index contributed by atoms with van der Waals surface area (Å²) in [7, 11) is 0. The van der Waals surface area contributed by atoms with E-state index < -0.39 is 0 Å². The van der Waals surface area contributed by atoms with Gasteiger partial charge in [0, 0.05) is 38.4 Å². The van der Waals surface area contributed by atoms with Gasteiger partial charge in [0.15, 0.2) is 5.11 Å². The molecule has 1 heterocycles. The summed E-state index contributed by atoms with van der Waals surface area (Å²) >= 11 is 5.41. The lowest BCUT2D eigenvalue weighted by Gasteiger charge is -2.35. The molecule has 7 heteroatoms. The average Bonchev–Trinajstić information content (AvgIpc) is 2.57. The van der Waals surface area contributed by atoms with Gasteiger partial charge >= 0.3 is 0 Å². The fourth-order valence-corrected chi connectivity index (χ4v) is 2.81. The Kier molecular flexibility index (Phi) is 6.93. The highest BCUT2D eigenvalue weighted by atomic mass is 32.1. The summed E-state index contributed by atoms with van der Waals surface area (Å²) in [6, 6.07) is 5.00. The molecule has 2 rings (SSSR count). The fraction of sp³-hybridized carbons (Fsp3) is 0.529. The van der Waals surface area contributed by atoms with Crippen LogP contribution in [-0.2, 0) is 4.79 Å². The zero-order valence-corrected chi connectivity index (χ0v) is 15.1. The zero-order valence-electron chi connectivity index (χ0n) is 14.3. The lowest BCUT2D eigenvalue weighted by atomic mass is 10.2. The largest absolute Gasteiger partial charge is 0.355 e. The van der Waals surface area contributed by atoms with Crippen LogP contribution in [0.2, 0.25) is 0 Å². The van der Waals surface area contributed by atoms with Crippen molar-refractivity contribution in [3.63, 3.8) is 0 Å². The van der Waals surface area contributed by atoms with Gasteiger partial charge in [-0.1, -0.05) is 13.0 Å². The van der Waals surface area contributed by atoms with Crippen LogP contribution in [0.25, 0.3) is 0 Å². The Balaban J connectivity index is 1.78. The molecule has 2 N–H and O–H groups in total. The van der Waals surface area contributed by atoms with Gasteiger partial charge in [-0.15, -0.1) is 0 Å². The molecule has 0 saturated carbocycles. The van der Waals surface area contributed by atoms with Gasteiger partial charge in [-0.25, -0.2) is 4.39 Å². The molecule has 1 saturated heterocycles.